The van der Waals surface area contributed by atoms with Crippen molar-refractivity contribution in [1.29, 1.82) is 0 Å². The van der Waals surface area contributed by atoms with Gasteiger partial charge in [-0.1, -0.05) is 17.3 Å². The lowest BCUT2D eigenvalue weighted by atomic mass is 10.00. The first kappa shape index (κ1) is 37.5. The van der Waals surface area contributed by atoms with Crippen molar-refractivity contribution < 1.29 is 66.3 Å². The summed E-state index contributed by atoms with van der Waals surface area (Å²) in [7, 11) is -4.90. The third kappa shape index (κ3) is 14.3. The van der Waals surface area contributed by atoms with Crippen LogP contribution in [0, 0.1) is 12.3 Å². The number of carboxylic acid groups (broad SMARTS) is 1. The number of carbonyl (C=O) groups is 3. The number of anilines is 1. The summed E-state index contributed by atoms with van der Waals surface area (Å²) < 4.78 is 46.1. The maximum absolute atomic E-state index is 11.7. The molecule has 2 rings (SSSR count). The van der Waals surface area contributed by atoms with E-state index in [4.69, 9.17) is 25.3 Å². The molecular formula is C27H37N3O14S. The second kappa shape index (κ2) is 18.3. The number of oxime groups is 1. The van der Waals surface area contributed by atoms with Crippen LogP contribution in [0.15, 0.2) is 29.4 Å². The molecule has 17 nitrogen and oxygen atoms in total. The van der Waals surface area contributed by atoms with Gasteiger partial charge in [-0.2, -0.15) is 8.42 Å². The number of aliphatic carboxylic acids is 1. The highest BCUT2D eigenvalue weighted by Gasteiger charge is 2.42. The van der Waals surface area contributed by atoms with E-state index in [1.807, 2.05) is 0 Å². The molecule has 0 aliphatic carbocycles. The molecule has 0 saturated carbocycles. The van der Waals surface area contributed by atoms with Gasteiger partial charge in [0.25, 0.3) is 0 Å². The van der Waals surface area contributed by atoms with Crippen molar-refractivity contribution in [3.8, 4) is 12.3 Å². The molecule has 1 saturated heterocycles. The summed E-state index contributed by atoms with van der Waals surface area (Å²) in [6.45, 7) is 0.400. The molecule has 0 aromatic heterocycles. The quantitative estimate of drug-likeness (QED) is 0.0327. The van der Waals surface area contributed by atoms with Gasteiger partial charge in [0.1, 0.15) is 18.8 Å². The summed E-state index contributed by atoms with van der Waals surface area (Å²) in [5.74, 6) is -0.0938. The molecule has 1 fully saturated rings. The number of benzene rings is 1. The smallest absolute Gasteiger partial charge is 0.397 e. The van der Waals surface area contributed by atoms with Crippen LogP contribution in [0.5, 0.6) is 0 Å². The lowest BCUT2D eigenvalue weighted by Gasteiger charge is -2.40. The molecule has 1 aromatic rings. The molecule has 0 bridgehead atoms. The third-order valence-corrected chi connectivity index (χ3v) is 6.68. The first-order chi connectivity index (χ1) is 21.2. The normalized spacial score (nSPS) is 22.1. The average molecular weight is 660 g/mol. The standard InChI is InChI=1S/C27H37N3O14S/c1-3-4-5-24(34)30-18-8-6-17(7-9-18)10-11-41-28-14-19(32)12-22(25(35)26(36)37)43-27-20(29-16(2)31)13-21(33)23(44-27)15-42-45(38,39)40/h1,6-9,14,19-23,25,27,32-33,35H,4-5,10-13,15H2,2H3,(H,29,31)(H,30,34)(H,36,37)(H,38,39,40)/b28-14-/t19?,20?,21-,22-,23?,25?,27-/m0/s1. The summed E-state index contributed by atoms with van der Waals surface area (Å²) in [6, 6.07) is 5.88. The van der Waals surface area contributed by atoms with Crippen molar-refractivity contribution in [2.24, 2.45) is 5.16 Å². The molecule has 18 heteroatoms. The number of amides is 2. The summed E-state index contributed by atoms with van der Waals surface area (Å²) in [5.41, 5.74) is 1.46. The predicted octanol–water partition coefficient (Wildman–Crippen LogP) is -1.03. The number of carboxylic acids is 1. The van der Waals surface area contributed by atoms with Crippen LogP contribution >= 0.6 is 0 Å². The second-order valence-electron chi connectivity index (χ2n) is 9.91. The Bertz CT molecular complexity index is 1300. The van der Waals surface area contributed by atoms with Gasteiger partial charge in [-0.15, -0.1) is 12.3 Å². The molecule has 4 unspecified atom stereocenters. The van der Waals surface area contributed by atoms with E-state index in [-0.39, 0.29) is 25.4 Å². The Labute approximate surface area is 259 Å². The number of hydrogen-bond acceptors (Lipinski definition) is 13. The predicted molar refractivity (Wildman–Crippen MR) is 155 cm³/mol. The van der Waals surface area contributed by atoms with E-state index in [1.54, 1.807) is 24.3 Å². The molecular weight excluding hydrogens is 622 g/mol. The van der Waals surface area contributed by atoms with Gasteiger partial charge in [0.05, 0.1) is 31.1 Å². The number of nitrogens with one attached hydrogen (secondary N) is 2. The molecule has 1 aliphatic heterocycles. The van der Waals surface area contributed by atoms with Crippen molar-refractivity contribution in [2.45, 2.75) is 81.9 Å². The maximum Gasteiger partial charge on any atom is 0.397 e. The van der Waals surface area contributed by atoms with Gasteiger partial charge in [0.15, 0.2) is 12.4 Å². The van der Waals surface area contributed by atoms with Gasteiger partial charge in [0.2, 0.25) is 11.8 Å². The minimum Gasteiger partial charge on any atom is -0.479 e. The minimum atomic E-state index is -4.90. The molecule has 0 spiro atoms. The number of nitrogens with zero attached hydrogens (tertiary/aromatic N) is 1. The van der Waals surface area contributed by atoms with Crippen LogP contribution in [-0.4, -0.2) is 113 Å². The fraction of sp³-hybridized carbons (Fsp3) is 0.556. The number of rotatable bonds is 18. The molecule has 45 heavy (non-hydrogen) atoms. The average Bonchev–Trinajstić information content (AvgIpc) is 2.95. The van der Waals surface area contributed by atoms with E-state index >= 15 is 0 Å². The van der Waals surface area contributed by atoms with Gasteiger partial charge < -0.3 is 45.4 Å². The Hall–Kier alpha value is -3.67. The molecule has 7 N–H and O–H groups in total. The SMILES string of the molecule is C#CCCC(=O)Nc1ccc(CCO/N=C\C(O)C[C@H](O[C@H]2OC(COS(=O)(=O)O)[C@@H](O)CC2NC(C)=O)C(O)C(=O)O)cc1. The van der Waals surface area contributed by atoms with Crippen LogP contribution in [0.4, 0.5) is 5.69 Å². The number of ether oxygens (including phenoxy) is 2. The first-order valence-corrected chi connectivity index (χ1v) is 15.0. The fourth-order valence-corrected chi connectivity index (χ4v) is 4.39. The Morgan fingerprint density at radius 3 is 2.53 bits per heavy atom. The molecule has 7 atom stereocenters. The second-order valence-corrected chi connectivity index (χ2v) is 11.0. The van der Waals surface area contributed by atoms with Crippen molar-refractivity contribution in [3.05, 3.63) is 29.8 Å². The van der Waals surface area contributed by atoms with Crippen molar-refractivity contribution in [2.75, 3.05) is 18.5 Å². The zero-order chi connectivity index (χ0) is 33.6. The number of terminal acetylenes is 1. The zero-order valence-corrected chi connectivity index (χ0v) is 25.0. The van der Waals surface area contributed by atoms with Crippen LogP contribution in [0.25, 0.3) is 0 Å². The van der Waals surface area contributed by atoms with Crippen molar-refractivity contribution in [1.82, 2.24) is 5.32 Å². The van der Waals surface area contributed by atoms with Gasteiger partial charge in [-0.25, -0.2) is 8.98 Å². The molecule has 0 radical (unpaired) electrons. The van der Waals surface area contributed by atoms with Crippen molar-refractivity contribution >= 4 is 40.1 Å². The van der Waals surface area contributed by atoms with E-state index in [9.17, 15) is 43.2 Å². The summed E-state index contributed by atoms with van der Waals surface area (Å²) in [4.78, 5) is 40.1. The lowest BCUT2D eigenvalue weighted by Crippen LogP contribution is -2.58. The van der Waals surface area contributed by atoms with Crippen LogP contribution in [-0.2, 0) is 49.7 Å². The Morgan fingerprint density at radius 1 is 1.24 bits per heavy atom. The Kier molecular flexibility index (Phi) is 15.3. The Balaban J connectivity index is 1.96. The number of aliphatic hydroxyl groups excluding tert-OH is 3. The van der Waals surface area contributed by atoms with Gasteiger partial charge in [-0.3, -0.25) is 14.1 Å². The molecule has 1 heterocycles. The summed E-state index contributed by atoms with van der Waals surface area (Å²) in [6.07, 6.45) is -3.45. The van der Waals surface area contributed by atoms with Crippen LogP contribution < -0.4 is 10.6 Å². The van der Waals surface area contributed by atoms with Gasteiger partial charge in [-0.05, 0) is 17.7 Å². The largest absolute Gasteiger partial charge is 0.479 e. The summed E-state index contributed by atoms with van der Waals surface area (Å²) >= 11 is 0. The first-order valence-electron chi connectivity index (χ1n) is 13.6. The molecule has 1 aliphatic rings. The number of carbonyl (C=O) groups excluding carboxylic acids is 2. The topological polar surface area (TPSA) is 260 Å². The molecule has 2 amide bonds. The minimum absolute atomic E-state index is 0.0957. The van der Waals surface area contributed by atoms with Crippen LogP contribution in [0.1, 0.15) is 38.2 Å². The van der Waals surface area contributed by atoms with E-state index in [2.05, 4.69) is 25.9 Å². The maximum atomic E-state index is 11.7. The third-order valence-electron chi connectivity index (χ3n) is 6.24. The van der Waals surface area contributed by atoms with Gasteiger partial charge >= 0.3 is 16.4 Å². The molecule has 250 valence electrons. The Morgan fingerprint density at radius 2 is 1.93 bits per heavy atom. The zero-order valence-electron chi connectivity index (χ0n) is 24.2. The van der Waals surface area contributed by atoms with E-state index in [0.717, 1.165) is 18.7 Å². The highest BCUT2D eigenvalue weighted by Crippen LogP contribution is 2.25. The van der Waals surface area contributed by atoms with Gasteiger partial charge in [0, 0.05) is 44.7 Å². The number of hydrogen-bond donors (Lipinski definition) is 7. The van der Waals surface area contributed by atoms with Crippen LogP contribution in [0.3, 0.4) is 0 Å². The summed E-state index contributed by atoms with van der Waals surface area (Å²) in [5, 5.41) is 49.1. The highest BCUT2D eigenvalue weighted by molar-refractivity contribution is 7.80. The van der Waals surface area contributed by atoms with E-state index < -0.39 is 78.2 Å². The monoisotopic (exact) mass is 659 g/mol. The van der Waals surface area contributed by atoms with Crippen molar-refractivity contribution in [3.63, 3.8) is 0 Å². The number of aliphatic hydroxyl groups is 3. The highest BCUT2D eigenvalue weighted by atomic mass is 32.3. The van der Waals surface area contributed by atoms with E-state index in [1.165, 1.54) is 0 Å². The van der Waals surface area contributed by atoms with Crippen LogP contribution in [0.2, 0.25) is 0 Å². The van der Waals surface area contributed by atoms with E-state index in [0.29, 0.717) is 18.5 Å². The lowest BCUT2D eigenvalue weighted by molar-refractivity contribution is -0.266. The molecule has 1 aromatic carbocycles. The fourth-order valence-electron chi connectivity index (χ4n) is 4.08.